The highest BCUT2D eigenvalue weighted by molar-refractivity contribution is 6.32. The quantitative estimate of drug-likeness (QED) is 0.665. The van der Waals surface area contributed by atoms with Gasteiger partial charge in [0.25, 0.3) is 11.6 Å². The van der Waals surface area contributed by atoms with E-state index in [-0.39, 0.29) is 28.2 Å². The van der Waals surface area contributed by atoms with Crippen LogP contribution in [0.5, 0.6) is 0 Å². The van der Waals surface area contributed by atoms with E-state index < -0.39 is 4.92 Å². The van der Waals surface area contributed by atoms with Crippen LogP contribution in [0.4, 0.5) is 5.69 Å². The van der Waals surface area contributed by atoms with Gasteiger partial charge in [0.2, 0.25) is 0 Å². The number of nitrogens with one attached hydrogen (secondary N) is 1. The van der Waals surface area contributed by atoms with Crippen molar-refractivity contribution in [2.24, 2.45) is 5.92 Å². The van der Waals surface area contributed by atoms with Gasteiger partial charge in [0.05, 0.1) is 4.92 Å². The Bertz CT molecular complexity index is 490. The molecule has 1 aliphatic carbocycles. The fourth-order valence-electron chi connectivity index (χ4n) is 1.57. The Kier molecular flexibility index (Phi) is 3.02. The molecule has 2 unspecified atom stereocenters. The maximum Gasteiger partial charge on any atom is 0.288 e. The Morgan fingerprint density at radius 2 is 2.24 bits per heavy atom. The number of halogens is 1. The first kappa shape index (κ1) is 11.9. The van der Waals surface area contributed by atoms with Gasteiger partial charge in [-0.2, -0.15) is 0 Å². The van der Waals surface area contributed by atoms with E-state index in [1.165, 1.54) is 18.2 Å². The van der Waals surface area contributed by atoms with E-state index in [9.17, 15) is 14.9 Å². The fraction of sp³-hybridized carbons (Fsp3) is 0.364. The Labute approximate surface area is 103 Å². The standard InChI is InChI=1S/C11H11ClN2O3/c1-6-4-9(6)13-11(15)7-2-3-8(12)10(5-7)14(16)17/h2-3,5-6,9H,4H2,1H3,(H,13,15). The van der Waals surface area contributed by atoms with Crippen molar-refractivity contribution < 1.29 is 9.72 Å². The van der Waals surface area contributed by atoms with Gasteiger partial charge in [-0.15, -0.1) is 0 Å². The van der Waals surface area contributed by atoms with Gasteiger partial charge in [-0.3, -0.25) is 14.9 Å². The third-order valence-corrected chi connectivity index (χ3v) is 3.15. The van der Waals surface area contributed by atoms with Crippen LogP contribution in [0.15, 0.2) is 18.2 Å². The van der Waals surface area contributed by atoms with Crippen LogP contribution in [0, 0.1) is 16.0 Å². The van der Waals surface area contributed by atoms with E-state index in [2.05, 4.69) is 5.32 Å². The van der Waals surface area contributed by atoms with Crippen molar-refractivity contribution in [2.45, 2.75) is 19.4 Å². The van der Waals surface area contributed by atoms with Gasteiger partial charge in [0.15, 0.2) is 0 Å². The van der Waals surface area contributed by atoms with E-state index >= 15 is 0 Å². The number of rotatable bonds is 3. The number of benzene rings is 1. The van der Waals surface area contributed by atoms with Crippen molar-refractivity contribution in [3.05, 3.63) is 38.9 Å². The summed E-state index contributed by atoms with van der Waals surface area (Å²) < 4.78 is 0. The van der Waals surface area contributed by atoms with Crippen LogP contribution < -0.4 is 5.32 Å². The molecule has 6 heteroatoms. The lowest BCUT2D eigenvalue weighted by Gasteiger charge is -2.04. The van der Waals surface area contributed by atoms with Crippen molar-refractivity contribution in [1.82, 2.24) is 5.32 Å². The van der Waals surface area contributed by atoms with Crippen molar-refractivity contribution in [3.8, 4) is 0 Å². The lowest BCUT2D eigenvalue weighted by molar-refractivity contribution is -0.384. The second kappa shape index (κ2) is 4.33. The number of carbonyl (C=O) groups is 1. The molecule has 1 fully saturated rings. The Balaban J connectivity index is 2.18. The smallest absolute Gasteiger partial charge is 0.288 e. The Hall–Kier alpha value is -1.62. The summed E-state index contributed by atoms with van der Waals surface area (Å²) in [5.41, 5.74) is 0.0170. The average Bonchev–Trinajstić information content (AvgIpc) is 2.94. The largest absolute Gasteiger partial charge is 0.349 e. The molecule has 2 atom stereocenters. The molecular formula is C11H11ClN2O3. The number of hydrogen-bond acceptors (Lipinski definition) is 3. The molecule has 1 aliphatic rings. The van der Waals surface area contributed by atoms with Gasteiger partial charge < -0.3 is 5.32 Å². The number of nitrogens with zero attached hydrogens (tertiary/aromatic N) is 1. The van der Waals surface area contributed by atoms with Gasteiger partial charge in [-0.25, -0.2) is 0 Å². The molecule has 0 saturated heterocycles. The molecule has 0 aliphatic heterocycles. The average molecular weight is 255 g/mol. The maximum atomic E-state index is 11.7. The highest BCUT2D eigenvalue weighted by Crippen LogP contribution is 2.30. The number of nitro groups is 1. The zero-order valence-corrected chi connectivity index (χ0v) is 9.90. The molecule has 1 amide bonds. The number of carbonyl (C=O) groups excluding carboxylic acids is 1. The molecule has 0 aromatic heterocycles. The normalized spacial score (nSPS) is 22.0. The summed E-state index contributed by atoms with van der Waals surface area (Å²) in [6, 6.07) is 4.24. The predicted octanol–water partition coefficient (Wildman–Crippen LogP) is 2.39. The molecule has 1 N–H and O–H groups in total. The van der Waals surface area contributed by atoms with Crippen molar-refractivity contribution in [3.63, 3.8) is 0 Å². The van der Waals surface area contributed by atoms with E-state index in [1.54, 1.807) is 0 Å². The molecule has 2 rings (SSSR count). The number of nitro benzene ring substituents is 1. The fourth-order valence-corrected chi connectivity index (χ4v) is 1.76. The summed E-state index contributed by atoms with van der Waals surface area (Å²) in [6.45, 7) is 2.04. The van der Waals surface area contributed by atoms with Crippen molar-refractivity contribution in [1.29, 1.82) is 0 Å². The summed E-state index contributed by atoms with van der Waals surface area (Å²) >= 11 is 5.66. The zero-order chi connectivity index (χ0) is 12.6. The molecule has 1 aromatic carbocycles. The topological polar surface area (TPSA) is 72.2 Å². The number of hydrogen-bond donors (Lipinski definition) is 1. The molecule has 1 aromatic rings. The predicted molar refractivity (Wildman–Crippen MR) is 63.1 cm³/mol. The Morgan fingerprint density at radius 3 is 2.76 bits per heavy atom. The maximum absolute atomic E-state index is 11.7. The van der Waals surface area contributed by atoms with Crippen molar-refractivity contribution in [2.75, 3.05) is 0 Å². The third kappa shape index (κ3) is 2.55. The van der Waals surface area contributed by atoms with Crippen LogP contribution in [0.25, 0.3) is 0 Å². The van der Waals surface area contributed by atoms with Crippen LogP contribution in [-0.2, 0) is 0 Å². The molecule has 0 radical (unpaired) electrons. The SMILES string of the molecule is CC1CC1NC(=O)c1ccc(Cl)c([N+](=O)[O-])c1. The molecular weight excluding hydrogens is 244 g/mol. The molecule has 1 saturated carbocycles. The molecule has 17 heavy (non-hydrogen) atoms. The first-order valence-electron chi connectivity index (χ1n) is 5.24. The lowest BCUT2D eigenvalue weighted by atomic mass is 10.2. The van der Waals surface area contributed by atoms with Crippen LogP contribution in [0.2, 0.25) is 5.02 Å². The third-order valence-electron chi connectivity index (χ3n) is 2.83. The molecule has 5 nitrogen and oxygen atoms in total. The van der Waals surface area contributed by atoms with Crippen LogP contribution >= 0.6 is 11.6 Å². The minimum absolute atomic E-state index is 0.0336. The molecule has 90 valence electrons. The highest BCUT2D eigenvalue weighted by atomic mass is 35.5. The monoisotopic (exact) mass is 254 g/mol. The minimum atomic E-state index is -0.598. The summed E-state index contributed by atoms with van der Waals surface area (Å²) in [4.78, 5) is 21.8. The van der Waals surface area contributed by atoms with Gasteiger partial charge in [0, 0.05) is 17.7 Å². The first-order valence-corrected chi connectivity index (χ1v) is 5.61. The second-order valence-electron chi connectivity index (χ2n) is 4.22. The highest BCUT2D eigenvalue weighted by Gasteiger charge is 2.34. The second-order valence-corrected chi connectivity index (χ2v) is 4.62. The van der Waals surface area contributed by atoms with E-state index in [0.29, 0.717) is 5.92 Å². The van der Waals surface area contributed by atoms with Gasteiger partial charge >= 0.3 is 0 Å². The zero-order valence-electron chi connectivity index (χ0n) is 9.14. The summed E-state index contributed by atoms with van der Waals surface area (Å²) in [5, 5.41) is 13.5. The molecule has 0 spiro atoms. The first-order chi connectivity index (χ1) is 7.99. The van der Waals surface area contributed by atoms with Crippen molar-refractivity contribution >= 4 is 23.2 Å². The van der Waals surface area contributed by atoms with Gasteiger partial charge in [0.1, 0.15) is 5.02 Å². The summed E-state index contributed by atoms with van der Waals surface area (Å²) in [6.07, 6.45) is 0.960. The molecule has 0 bridgehead atoms. The van der Waals surface area contributed by atoms with Gasteiger partial charge in [-0.05, 0) is 24.5 Å². The van der Waals surface area contributed by atoms with Gasteiger partial charge in [-0.1, -0.05) is 18.5 Å². The van der Waals surface area contributed by atoms with Crippen LogP contribution in [-0.4, -0.2) is 16.9 Å². The lowest BCUT2D eigenvalue weighted by Crippen LogP contribution is -2.26. The minimum Gasteiger partial charge on any atom is -0.349 e. The van der Waals surface area contributed by atoms with Crippen LogP contribution in [0.1, 0.15) is 23.7 Å². The summed E-state index contributed by atoms with van der Waals surface area (Å²) in [5.74, 6) is 0.195. The van der Waals surface area contributed by atoms with Crippen LogP contribution in [0.3, 0.4) is 0 Å². The van der Waals surface area contributed by atoms with E-state index in [1.807, 2.05) is 6.92 Å². The Morgan fingerprint density at radius 1 is 1.59 bits per heavy atom. The number of amides is 1. The van der Waals surface area contributed by atoms with E-state index in [4.69, 9.17) is 11.6 Å². The summed E-state index contributed by atoms with van der Waals surface area (Å²) in [7, 11) is 0. The van der Waals surface area contributed by atoms with E-state index in [0.717, 1.165) is 6.42 Å². The molecule has 0 heterocycles.